The first-order valence-electron chi connectivity index (χ1n) is 5.93. The summed E-state index contributed by atoms with van der Waals surface area (Å²) in [6.45, 7) is 0. The van der Waals surface area contributed by atoms with Gasteiger partial charge in [-0.2, -0.15) is 5.10 Å². The van der Waals surface area contributed by atoms with Crippen LogP contribution in [0, 0.1) is 0 Å². The van der Waals surface area contributed by atoms with Crippen LogP contribution in [-0.2, 0) is 0 Å². The van der Waals surface area contributed by atoms with Crippen molar-refractivity contribution in [2.45, 2.75) is 0 Å². The van der Waals surface area contributed by atoms with Gasteiger partial charge in [-0.1, -0.05) is 36.4 Å². The summed E-state index contributed by atoms with van der Waals surface area (Å²) in [4.78, 5) is 3.37. The molecular formula is C15H11N3. The summed E-state index contributed by atoms with van der Waals surface area (Å²) >= 11 is 0. The molecule has 3 nitrogen and oxygen atoms in total. The van der Waals surface area contributed by atoms with Crippen LogP contribution in [0.25, 0.3) is 27.6 Å². The van der Waals surface area contributed by atoms with Gasteiger partial charge >= 0.3 is 0 Å². The summed E-state index contributed by atoms with van der Waals surface area (Å²) < 4.78 is 1.89. The lowest BCUT2D eigenvalue weighted by Gasteiger charge is -1.94. The van der Waals surface area contributed by atoms with E-state index in [1.165, 1.54) is 5.39 Å². The van der Waals surface area contributed by atoms with Crippen molar-refractivity contribution in [1.82, 2.24) is 14.8 Å². The molecule has 4 rings (SSSR count). The van der Waals surface area contributed by atoms with E-state index >= 15 is 0 Å². The van der Waals surface area contributed by atoms with E-state index in [2.05, 4.69) is 34.3 Å². The second-order valence-electron chi connectivity index (χ2n) is 4.37. The second-order valence-corrected chi connectivity index (χ2v) is 4.37. The van der Waals surface area contributed by atoms with Crippen LogP contribution in [0.5, 0.6) is 0 Å². The highest BCUT2D eigenvalue weighted by Crippen LogP contribution is 2.19. The number of hydrogen-bond acceptors (Lipinski definition) is 1. The number of para-hydroxylation sites is 1. The van der Waals surface area contributed by atoms with Gasteiger partial charge in [0.2, 0.25) is 0 Å². The van der Waals surface area contributed by atoms with Gasteiger partial charge in [0, 0.05) is 22.5 Å². The lowest BCUT2D eigenvalue weighted by molar-refractivity contribution is 0.872. The first-order chi connectivity index (χ1) is 8.90. The molecule has 2 aromatic carbocycles. The zero-order chi connectivity index (χ0) is 11.9. The molecule has 0 unspecified atom stereocenters. The van der Waals surface area contributed by atoms with Crippen molar-refractivity contribution >= 4 is 21.8 Å². The van der Waals surface area contributed by atoms with Gasteiger partial charge in [0.25, 0.3) is 0 Å². The van der Waals surface area contributed by atoms with Crippen LogP contribution in [0.15, 0.2) is 60.8 Å². The zero-order valence-electron chi connectivity index (χ0n) is 9.67. The number of nitrogens with zero attached hydrogens (tertiary/aromatic N) is 2. The molecule has 18 heavy (non-hydrogen) atoms. The van der Waals surface area contributed by atoms with E-state index in [-0.39, 0.29) is 0 Å². The van der Waals surface area contributed by atoms with Crippen LogP contribution in [-0.4, -0.2) is 14.8 Å². The molecule has 0 spiro atoms. The predicted molar refractivity (Wildman–Crippen MR) is 72.9 cm³/mol. The highest BCUT2D eigenvalue weighted by molar-refractivity contribution is 5.83. The predicted octanol–water partition coefficient (Wildman–Crippen LogP) is 3.51. The van der Waals surface area contributed by atoms with Gasteiger partial charge in [-0.15, -0.1) is 0 Å². The zero-order valence-corrected chi connectivity index (χ0v) is 9.67. The minimum Gasteiger partial charge on any atom is -0.340 e. The van der Waals surface area contributed by atoms with Crippen molar-refractivity contribution in [3.05, 3.63) is 60.8 Å². The molecule has 0 aliphatic carbocycles. The van der Waals surface area contributed by atoms with Gasteiger partial charge in [0.1, 0.15) is 5.82 Å². The van der Waals surface area contributed by atoms with Crippen molar-refractivity contribution < 1.29 is 0 Å². The van der Waals surface area contributed by atoms with Crippen LogP contribution in [0.2, 0.25) is 0 Å². The molecule has 0 fully saturated rings. The van der Waals surface area contributed by atoms with Crippen LogP contribution in [0.4, 0.5) is 0 Å². The largest absolute Gasteiger partial charge is 0.340 e. The Bertz CT molecular complexity index is 701. The third-order valence-corrected chi connectivity index (χ3v) is 3.18. The molecular weight excluding hydrogens is 222 g/mol. The molecule has 2 aromatic heterocycles. The number of fused-ring (bicyclic) bond motifs is 2. The molecule has 0 saturated carbocycles. The lowest BCUT2D eigenvalue weighted by Crippen LogP contribution is -1.93. The molecule has 2 heterocycles. The van der Waals surface area contributed by atoms with Crippen LogP contribution >= 0.6 is 0 Å². The van der Waals surface area contributed by atoms with Gasteiger partial charge in [-0.05, 0) is 18.2 Å². The van der Waals surface area contributed by atoms with E-state index in [1.54, 1.807) is 0 Å². The van der Waals surface area contributed by atoms with Gasteiger partial charge in [-0.25, -0.2) is 4.68 Å². The maximum absolute atomic E-state index is 4.56. The molecule has 0 radical (unpaired) electrons. The van der Waals surface area contributed by atoms with E-state index < -0.39 is 0 Å². The molecule has 0 amide bonds. The minimum absolute atomic E-state index is 0.993. The van der Waals surface area contributed by atoms with Crippen molar-refractivity contribution in [2.24, 2.45) is 0 Å². The second kappa shape index (κ2) is 3.47. The molecule has 4 aromatic rings. The Balaban J connectivity index is 1.95. The lowest BCUT2D eigenvalue weighted by atomic mass is 10.2. The maximum atomic E-state index is 4.56. The van der Waals surface area contributed by atoms with Gasteiger partial charge in [-0.3, -0.25) is 0 Å². The average Bonchev–Trinajstić information content (AvgIpc) is 3.02. The molecule has 0 atom stereocenters. The molecule has 1 N–H and O–H groups in total. The van der Waals surface area contributed by atoms with Crippen LogP contribution < -0.4 is 0 Å². The van der Waals surface area contributed by atoms with E-state index in [4.69, 9.17) is 0 Å². The number of aromatic nitrogens is 3. The molecule has 0 bridgehead atoms. The fourth-order valence-corrected chi connectivity index (χ4v) is 2.27. The fraction of sp³-hybridized carbons (Fsp3) is 0. The van der Waals surface area contributed by atoms with Crippen molar-refractivity contribution in [2.75, 3.05) is 0 Å². The van der Waals surface area contributed by atoms with E-state index in [1.807, 2.05) is 41.2 Å². The van der Waals surface area contributed by atoms with E-state index in [0.717, 1.165) is 22.2 Å². The first-order valence-corrected chi connectivity index (χ1v) is 5.93. The van der Waals surface area contributed by atoms with E-state index in [0.29, 0.717) is 0 Å². The SMILES string of the molecule is c1ccc2nn(-c3cc4ccccc4[nH]3)cc2c1. The Labute approximate surface area is 104 Å². The van der Waals surface area contributed by atoms with Gasteiger partial charge < -0.3 is 4.98 Å². The maximum Gasteiger partial charge on any atom is 0.132 e. The highest BCUT2D eigenvalue weighted by atomic mass is 15.3. The number of H-pyrrole nitrogens is 1. The third kappa shape index (κ3) is 1.34. The molecule has 0 aliphatic heterocycles. The van der Waals surface area contributed by atoms with Crippen LogP contribution in [0.1, 0.15) is 0 Å². The molecule has 0 saturated heterocycles. The van der Waals surface area contributed by atoms with Gasteiger partial charge in [0.15, 0.2) is 0 Å². The Morgan fingerprint density at radius 1 is 0.889 bits per heavy atom. The summed E-state index contributed by atoms with van der Waals surface area (Å²) in [7, 11) is 0. The third-order valence-electron chi connectivity index (χ3n) is 3.18. The Morgan fingerprint density at radius 2 is 1.67 bits per heavy atom. The summed E-state index contributed by atoms with van der Waals surface area (Å²) in [5, 5.41) is 6.91. The van der Waals surface area contributed by atoms with E-state index in [9.17, 15) is 0 Å². The number of aromatic amines is 1. The fourth-order valence-electron chi connectivity index (χ4n) is 2.27. The monoisotopic (exact) mass is 233 g/mol. The number of rotatable bonds is 1. The first kappa shape index (κ1) is 9.48. The molecule has 0 aliphatic rings. The standard InChI is InChI=1S/C15H11N3/c1-3-7-13-11(5-1)9-15(16-13)18-10-12-6-2-4-8-14(12)17-18/h1-10,16H. The summed E-state index contributed by atoms with van der Waals surface area (Å²) in [5.74, 6) is 0.993. The Hall–Kier alpha value is -2.55. The Kier molecular flexibility index (Phi) is 1.83. The summed E-state index contributed by atoms with van der Waals surface area (Å²) in [6, 6.07) is 18.5. The minimum atomic E-state index is 0.993. The van der Waals surface area contributed by atoms with Crippen LogP contribution in [0.3, 0.4) is 0 Å². The summed E-state index contributed by atoms with van der Waals surface area (Å²) in [6.07, 6.45) is 2.04. The topological polar surface area (TPSA) is 33.6 Å². The molecule has 3 heteroatoms. The molecule has 86 valence electrons. The number of nitrogens with one attached hydrogen (secondary N) is 1. The Morgan fingerprint density at radius 3 is 2.50 bits per heavy atom. The number of hydrogen-bond donors (Lipinski definition) is 1. The number of benzene rings is 2. The quantitative estimate of drug-likeness (QED) is 0.536. The van der Waals surface area contributed by atoms with Gasteiger partial charge in [0.05, 0.1) is 5.52 Å². The normalized spacial score (nSPS) is 11.3. The summed E-state index contributed by atoms with van der Waals surface area (Å²) in [5.41, 5.74) is 2.14. The average molecular weight is 233 g/mol. The smallest absolute Gasteiger partial charge is 0.132 e. The van der Waals surface area contributed by atoms with Crippen molar-refractivity contribution in [3.8, 4) is 5.82 Å². The highest BCUT2D eigenvalue weighted by Gasteiger charge is 2.04. The van der Waals surface area contributed by atoms with Crippen molar-refractivity contribution in [3.63, 3.8) is 0 Å². The van der Waals surface area contributed by atoms with Crippen molar-refractivity contribution in [1.29, 1.82) is 0 Å².